The summed E-state index contributed by atoms with van der Waals surface area (Å²) in [5, 5.41) is 13.9. The van der Waals surface area contributed by atoms with Crippen LogP contribution in [0.1, 0.15) is 36.9 Å². The van der Waals surface area contributed by atoms with Gasteiger partial charge in [0, 0.05) is 6.54 Å². The molecule has 1 aromatic carbocycles. The molecule has 0 radical (unpaired) electrons. The lowest BCUT2D eigenvalue weighted by Crippen LogP contribution is -2.46. The molecular formula is C18H19N5O4. The highest BCUT2D eigenvalue weighted by molar-refractivity contribution is 5.92. The summed E-state index contributed by atoms with van der Waals surface area (Å²) in [7, 11) is 0. The molecule has 1 unspecified atom stereocenters. The second-order valence-electron chi connectivity index (χ2n) is 6.07. The van der Waals surface area contributed by atoms with Gasteiger partial charge in [-0.1, -0.05) is 25.5 Å². The molecule has 1 aliphatic heterocycles. The molecule has 1 aliphatic rings. The SMILES string of the molecule is CCCCn1c2c(c(=O)[nH]c1=O)C(c1ccc(OCC#N)cc1)NC(=O)N2. The van der Waals surface area contributed by atoms with E-state index in [4.69, 9.17) is 10.00 Å². The fourth-order valence-corrected chi connectivity index (χ4v) is 2.99. The number of nitrogens with zero attached hydrogens (tertiary/aromatic N) is 2. The zero-order valence-electron chi connectivity index (χ0n) is 14.7. The number of hydrogen-bond acceptors (Lipinski definition) is 5. The number of amides is 2. The molecule has 140 valence electrons. The lowest BCUT2D eigenvalue weighted by Gasteiger charge is -2.28. The number of anilines is 1. The van der Waals surface area contributed by atoms with Gasteiger partial charge in [-0.15, -0.1) is 0 Å². The Hall–Kier alpha value is -3.54. The van der Waals surface area contributed by atoms with Gasteiger partial charge < -0.3 is 10.1 Å². The first kappa shape index (κ1) is 18.3. The molecule has 9 heteroatoms. The van der Waals surface area contributed by atoms with Crippen LogP contribution in [-0.4, -0.2) is 22.2 Å². The number of nitrogens with one attached hydrogen (secondary N) is 3. The largest absolute Gasteiger partial charge is 0.479 e. The quantitative estimate of drug-likeness (QED) is 0.710. The van der Waals surface area contributed by atoms with Crippen LogP contribution in [0.4, 0.5) is 10.6 Å². The molecule has 0 saturated heterocycles. The summed E-state index contributed by atoms with van der Waals surface area (Å²) in [6, 6.07) is 7.39. The van der Waals surface area contributed by atoms with Gasteiger partial charge in [0.2, 0.25) is 0 Å². The molecule has 9 nitrogen and oxygen atoms in total. The zero-order valence-corrected chi connectivity index (χ0v) is 14.7. The third-order valence-corrected chi connectivity index (χ3v) is 4.28. The van der Waals surface area contributed by atoms with Crippen LogP contribution in [-0.2, 0) is 6.54 Å². The number of carbonyl (C=O) groups excluding carboxylic acids is 1. The number of hydrogen-bond donors (Lipinski definition) is 3. The molecule has 2 aromatic rings. The first-order chi connectivity index (χ1) is 13.0. The van der Waals surface area contributed by atoms with E-state index in [1.54, 1.807) is 24.3 Å². The van der Waals surface area contributed by atoms with Crippen molar-refractivity contribution in [2.75, 3.05) is 11.9 Å². The number of aromatic amines is 1. The van der Waals surface area contributed by atoms with E-state index in [0.717, 1.165) is 12.8 Å². The molecule has 0 bridgehead atoms. The Labute approximate surface area is 154 Å². The van der Waals surface area contributed by atoms with Crippen molar-refractivity contribution in [3.63, 3.8) is 0 Å². The number of unbranched alkanes of at least 4 members (excludes halogenated alkanes) is 1. The maximum atomic E-state index is 12.5. The molecule has 0 spiro atoms. The van der Waals surface area contributed by atoms with Gasteiger partial charge in [-0.25, -0.2) is 9.59 Å². The molecule has 1 atom stereocenters. The molecule has 3 rings (SSSR count). The number of fused-ring (bicyclic) bond motifs is 1. The van der Waals surface area contributed by atoms with Crippen molar-refractivity contribution in [1.82, 2.24) is 14.9 Å². The number of H-pyrrole nitrogens is 1. The Balaban J connectivity index is 2.05. The normalized spacial score (nSPS) is 15.3. The number of aromatic nitrogens is 2. The van der Waals surface area contributed by atoms with Gasteiger partial charge in [0.1, 0.15) is 17.6 Å². The predicted octanol–water partition coefficient (Wildman–Crippen LogP) is 1.46. The first-order valence-corrected chi connectivity index (χ1v) is 8.59. The summed E-state index contributed by atoms with van der Waals surface area (Å²) >= 11 is 0. The van der Waals surface area contributed by atoms with E-state index in [1.165, 1.54) is 4.57 Å². The Bertz CT molecular complexity index is 1000. The molecule has 27 heavy (non-hydrogen) atoms. The minimum absolute atomic E-state index is 0.0738. The van der Waals surface area contributed by atoms with Crippen molar-refractivity contribution < 1.29 is 9.53 Å². The highest BCUT2D eigenvalue weighted by Gasteiger charge is 2.31. The summed E-state index contributed by atoms with van der Waals surface area (Å²) in [4.78, 5) is 39.2. The van der Waals surface area contributed by atoms with Gasteiger partial charge in [-0.3, -0.25) is 19.7 Å². The Morgan fingerprint density at radius 2 is 1.96 bits per heavy atom. The van der Waals surface area contributed by atoms with Crippen molar-refractivity contribution in [1.29, 1.82) is 5.26 Å². The van der Waals surface area contributed by atoms with Crippen LogP contribution >= 0.6 is 0 Å². The number of carbonyl (C=O) groups is 1. The summed E-state index contributed by atoms with van der Waals surface area (Å²) in [6.07, 6.45) is 1.59. The van der Waals surface area contributed by atoms with Crippen molar-refractivity contribution in [2.45, 2.75) is 32.4 Å². The number of benzene rings is 1. The van der Waals surface area contributed by atoms with Crippen LogP contribution in [0.2, 0.25) is 0 Å². The summed E-state index contributed by atoms with van der Waals surface area (Å²) < 4.78 is 6.60. The number of ether oxygens (including phenoxy) is 1. The van der Waals surface area contributed by atoms with E-state index in [0.29, 0.717) is 17.9 Å². The third-order valence-electron chi connectivity index (χ3n) is 4.28. The van der Waals surface area contributed by atoms with Crippen LogP contribution in [0.15, 0.2) is 33.9 Å². The molecular weight excluding hydrogens is 350 g/mol. The maximum absolute atomic E-state index is 12.5. The molecule has 1 aromatic heterocycles. The van der Waals surface area contributed by atoms with E-state index < -0.39 is 23.3 Å². The van der Waals surface area contributed by atoms with Crippen molar-refractivity contribution in [2.24, 2.45) is 0 Å². The standard InChI is InChI=1S/C18H19N5O4/c1-2-3-9-23-15-13(16(24)22-18(23)26)14(20-17(25)21-15)11-4-6-12(7-5-11)27-10-8-19/h4-7,14H,2-3,9-10H2,1H3,(H2,20,21,25)(H,22,24,26). The smallest absolute Gasteiger partial charge is 0.329 e. The summed E-state index contributed by atoms with van der Waals surface area (Å²) in [5.41, 5.74) is -0.170. The van der Waals surface area contributed by atoms with Gasteiger partial charge in [0.25, 0.3) is 5.56 Å². The fourth-order valence-electron chi connectivity index (χ4n) is 2.99. The average Bonchev–Trinajstić information content (AvgIpc) is 2.65. The zero-order chi connectivity index (χ0) is 19.4. The first-order valence-electron chi connectivity index (χ1n) is 8.59. The Morgan fingerprint density at radius 3 is 2.63 bits per heavy atom. The predicted molar refractivity (Wildman–Crippen MR) is 97.8 cm³/mol. The molecule has 0 aliphatic carbocycles. The second-order valence-corrected chi connectivity index (χ2v) is 6.07. The van der Waals surface area contributed by atoms with Crippen molar-refractivity contribution >= 4 is 11.8 Å². The minimum atomic E-state index is -0.712. The lowest BCUT2D eigenvalue weighted by atomic mass is 9.98. The van der Waals surface area contributed by atoms with Crippen LogP contribution in [0.3, 0.4) is 0 Å². The molecule has 0 fully saturated rings. The summed E-state index contributed by atoms with van der Waals surface area (Å²) in [6.45, 7) is 2.31. The molecule has 2 heterocycles. The Kier molecular flexibility index (Phi) is 5.26. The van der Waals surface area contributed by atoms with Gasteiger partial charge in [-0.05, 0) is 24.1 Å². The highest BCUT2D eigenvalue weighted by atomic mass is 16.5. The van der Waals surface area contributed by atoms with Crippen LogP contribution in [0.25, 0.3) is 0 Å². The average molecular weight is 369 g/mol. The van der Waals surface area contributed by atoms with Gasteiger partial charge in [-0.2, -0.15) is 5.26 Å². The van der Waals surface area contributed by atoms with Crippen molar-refractivity contribution in [3.8, 4) is 11.8 Å². The number of rotatable bonds is 6. The van der Waals surface area contributed by atoms with E-state index in [-0.39, 0.29) is 18.0 Å². The van der Waals surface area contributed by atoms with E-state index in [2.05, 4.69) is 15.6 Å². The van der Waals surface area contributed by atoms with Gasteiger partial charge >= 0.3 is 11.7 Å². The Morgan fingerprint density at radius 1 is 1.22 bits per heavy atom. The van der Waals surface area contributed by atoms with Crippen LogP contribution < -0.4 is 26.6 Å². The third kappa shape index (κ3) is 3.69. The van der Waals surface area contributed by atoms with E-state index >= 15 is 0 Å². The van der Waals surface area contributed by atoms with Crippen LogP contribution in [0, 0.1) is 11.3 Å². The van der Waals surface area contributed by atoms with Crippen molar-refractivity contribution in [3.05, 3.63) is 56.2 Å². The van der Waals surface area contributed by atoms with E-state index in [9.17, 15) is 14.4 Å². The van der Waals surface area contributed by atoms with Crippen LogP contribution in [0.5, 0.6) is 5.75 Å². The topological polar surface area (TPSA) is 129 Å². The van der Waals surface area contributed by atoms with Gasteiger partial charge in [0.15, 0.2) is 6.61 Å². The fraction of sp³-hybridized carbons (Fsp3) is 0.333. The van der Waals surface area contributed by atoms with Gasteiger partial charge in [0.05, 0.1) is 11.6 Å². The number of nitriles is 1. The molecule has 0 saturated carbocycles. The monoisotopic (exact) mass is 369 g/mol. The maximum Gasteiger partial charge on any atom is 0.329 e. The second kappa shape index (κ2) is 7.78. The highest BCUT2D eigenvalue weighted by Crippen LogP contribution is 2.29. The summed E-state index contributed by atoms with van der Waals surface area (Å²) in [5.74, 6) is 0.721. The number of urea groups is 1. The molecule has 2 amide bonds. The molecule has 3 N–H and O–H groups in total. The minimum Gasteiger partial charge on any atom is -0.479 e. The lowest BCUT2D eigenvalue weighted by molar-refractivity contribution is 0.248. The van der Waals surface area contributed by atoms with E-state index in [1.807, 2.05) is 13.0 Å².